The highest BCUT2D eigenvalue weighted by Crippen LogP contribution is 2.42. The zero-order valence-electron chi connectivity index (χ0n) is 7.21. The van der Waals surface area contributed by atoms with Crippen LogP contribution in [0.15, 0.2) is 0 Å². The van der Waals surface area contributed by atoms with Crippen LogP contribution in [-0.2, 0) is 0 Å². The van der Waals surface area contributed by atoms with Crippen molar-refractivity contribution in [1.82, 2.24) is 4.90 Å². The average Bonchev–Trinajstić information content (AvgIpc) is 1.84. The standard InChI is InChI=1S/C9H17NO/c1-10-6-9(7-10)4-2-3-8(11)5-9/h8,11H,2-7H2,1H3. The highest BCUT2D eigenvalue weighted by Gasteiger charge is 2.43. The van der Waals surface area contributed by atoms with E-state index in [4.69, 9.17) is 0 Å². The number of hydrogen-bond donors (Lipinski definition) is 1. The van der Waals surface area contributed by atoms with Crippen molar-refractivity contribution in [2.24, 2.45) is 5.41 Å². The van der Waals surface area contributed by atoms with Crippen LogP contribution in [0.4, 0.5) is 0 Å². The van der Waals surface area contributed by atoms with Crippen molar-refractivity contribution < 1.29 is 5.11 Å². The van der Waals surface area contributed by atoms with Crippen LogP contribution >= 0.6 is 0 Å². The molecule has 1 heterocycles. The predicted molar refractivity (Wildman–Crippen MR) is 44.4 cm³/mol. The summed E-state index contributed by atoms with van der Waals surface area (Å²) in [7, 11) is 2.16. The zero-order chi connectivity index (χ0) is 7.90. The lowest BCUT2D eigenvalue weighted by atomic mass is 9.68. The molecular formula is C9H17NO. The fourth-order valence-corrected chi connectivity index (χ4v) is 2.80. The second-order valence-corrected chi connectivity index (χ2v) is 4.42. The number of aliphatic hydroxyl groups excluding tert-OH is 1. The first-order valence-corrected chi connectivity index (χ1v) is 4.57. The van der Waals surface area contributed by atoms with E-state index in [-0.39, 0.29) is 6.10 Å². The third kappa shape index (κ3) is 1.30. The summed E-state index contributed by atoms with van der Waals surface area (Å²) in [5.41, 5.74) is 0.520. The summed E-state index contributed by atoms with van der Waals surface area (Å²) in [6.07, 6.45) is 4.66. The quantitative estimate of drug-likeness (QED) is 0.560. The first kappa shape index (κ1) is 7.56. The summed E-state index contributed by atoms with van der Waals surface area (Å²) in [6, 6.07) is 0. The molecule has 0 amide bonds. The SMILES string of the molecule is CN1CC2(CCCC(O)C2)C1. The number of aliphatic hydroxyl groups is 1. The number of likely N-dealkylation sites (tertiary alicyclic amines) is 1. The molecule has 2 nitrogen and oxygen atoms in total. The normalized spacial score (nSPS) is 37.1. The van der Waals surface area contributed by atoms with Gasteiger partial charge in [0.2, 0.25) is 0 Å². The van der Waals surface area contributed by atoms with Gasteiger partial charge in [0.05, 0.1) is 6.10 Å². The van der Waals surface area contributed by atoms with E-state index >= 15 is 0 Å². The largest absolute Gasteiger partial charge is 0.393 e. The van der Waals surface area contributed by atoms with Gasteiger partial charge in [0.15, 0.2) is 0 Å². The summed E-state index contributed by atoms with van der Waals surface area (Å²) in [4.78, 5) is 2.35. The lowest BCUT2D eigenvalue weighted by Gasteiger charge is -2.52. The minimum atomic E-state index is -0.00236. The van der Waals surface area contributed by atoms with E-state index in [0.29, 0.717) is 5.41 Å². The van der Waals surface area contributed by atoms with Crippen molar-refractivity contribution in [1.29, 1.82) is 0 Å². The molecule has 1 unspecified atom stereocenters. The van der Waals surface area contributed by atoms with Crippen molar-refractivity contribution in [3.63, 3.8) is 0 Å². The molecule has 0 aromatic rings. The molecule has 0 aromatic heterocycles. The van der Waals surface area contributed by atoms with Crippen molar-refractivity contribution in [3.05, 3.63) is 0 Å². The van der Waals surface area contributed by atoms with Crippen molar-refractivity contribution in [2.45, 2.75) is 31.8 Å². The fraction of sp³-hybridized carbons (Fsp3) is 1.00. The van der Waals surface area contributed by atoms with E-state index < -0.39 is 0 Å². The first-order valence-electron chi connectivity index (χ1n) is 4.57. The topological polar surface area (TPSA) is 23.5 Å². The smallest absolute Gasteiger partial charge is 0.0546 e. The van der Waals surface area contributed by atoms with E-state index in [9.17, 15) is 5.11 Å². The molecule has 0 bridgehead atoms. The van der Waals surface area contributed by atoms with Gasteiger partial charge in [0.1, 0.15) is 0 Å². The van der Waals surface area contributed by atoms with Gasteiger partial charge in [-0.1, -0.05) is 6.42 Å². The van der Waals surface area contributed by atoms with Crippen LogP contribution in [0, 0.1) is 5.41 Å². The van der Waals surface area contributed by atoms with Gasteiger partial charge in [-0.05, 0) is 31.7 Å². The average molecular weight is 155 g/mol. The van der Waals surface area contributed by atoms with E-state index in [0.717, 1.165) is 12.8 Å². The maximum absolute atomic E-state index is 9.48. The van der Waals surface area contributed by atoms with Crippen LogP contribution in [0.25, 0.3) is 0 Å². The molecule has 1 aliphatic heterocycles. The lowest BCUT2D eigenvalue weighted by molar-refractivity contribution is -0.0530. The predicted octanol–water partition coefficient (Wildman–Crippen LogP) is 0.853. The van der Waals surface area contributed by atoms with Gasteiger partial charge in [0, 0.05) is 13.1 Å². The van der Waals surface area contributed by atoms with Crippen molar-refractivity contribution >= 4 is 0 Å². The van der Waals surface area contributed by atoms with E-state index in [1.807, 2.05) is 0 Å². The highest BCUT2D eigenvalue weighted by atomic mass is 16.3. The maximum Gasteiger partial charge on any atom is 0.0546 e. The summed E-state index contributed by atoms with van der Waals surface area (Å²) in [5, 5.41) is 9.48. The minimum absolute atomic E-state index is 0.00236. The van der Waals surface area contributed by atoms with Crippen molar-refractivity contribution in [2.75, 3.05) is 20.1 Å². The monoisotopic (exact) mass is 155 g/mol. The molecule has 1 N–H and O–H groups in total. The van der Waals surface area contributed by atoms with Crippen molar-refractivity contribution in [3.8, 4) is 0 Å². The Balaban J connectivity index is 1.93. The molecule has 1 saturated carbocycles. The Hall–Kier alpha value is -0.0800. The summed E-state index contributed by atoms with van der Waals surface area (Å²) < 4.78 is 0. The van der Waals surface area contributed by atoms with Crippen LogP contribution in [0.3, 0.4) is 0 Å². The molecule has 11 heavy (non-hydrogen) atoms. The van der Waals surface area contributed by atoms with Crippen LogP contribution in [0.2, 0.25) is 0 Å². The van der Waals surface area contributed by atoms with Gasteiger partial charge in [-0.25, -0.2) is 0 Å². The van der Waals surface area contributed by atoms with Crippen LogP contribution < -0.4 is 0 Å². The Bertz CT molecular complexity index is 146. The third-order valence-electron chi connectivity index (χ3n) is 3.12. The second-order valence-electron chi connectivity index (χ2n) is 4.42. The molecule has 1 spiro atoms. The summed E-state index contributed by atoms with van der Waals surface area (Å²) in [5.74, 6) is 0. The van der Waals surface area contributed by atoms with Crippen LogP contribution in [-0.4, -0.2) is 36.2 Å². The maximum atomic E-state index is 9.48. The van der Waals surface area contributed by atoms with Gasteiger partial charge in [-0.3, -0.25) is 0 Å². The van der Waals surface area contributed by atoms with Gasteiger partial charge >= 0.3 is 0 Å². The first-order chi connectivity index (χ1) is 5.20. The Morgan fingerprint density at radius 2 is 2.18 bits per heavy atom. The summed E-state index contributed by atoms with van der Waals surface area (Å²) in [6.45, 7) is 2.42. The molecule has 64 valence electrons. The van der Waals surface area contributed by atoms with Gasteiger partial charge in [0.25, 0.3) is 0 Å². The Kier molecular flexibility index (Phi) is 1.69. The molecule has 1 saturated heterocycles. The van der Waals surface area contributed by atoms with Gasteiger partial charge in [-0.15, -0.1) is 0 Å². The Labute approximate surface area is 68.2 Å². The molecule has 0 aromatic carbocycles. The number of hydrogen-bond acceptors (Lipinski definition) is 2. The van der Waals surface area contributed by atoms with Gasteiger partial charge in [-0.2, -0.15) is 0 Å². The highest BCUT2D eigenvalue weighted by molar-refractivity contribution is 4.97. The second kappa shape index (κ2) is 2.46. The molecule has 2 aliphatic rings. The molecule has 1 aliphatic carbocycles. The lowest BCUT2D eigenvalue weighted by Crippen LogP contribution is -2.56. The Morgan fingerprint density at radius 3 is 2.73 bits per heavy atom. The molecule has 2 fully saturated rings. The van der Waals surface area contributed by atoms with Crippen LogP contribution in [0.1, 0.15) is 25.7 Å². The number of rotatable bonds is 0. The molecule has 2 rings (SSSR count). The molecule has 1 atom stereocenters. The van der Waals surface area contributed by atoms with Crippen LogP contribution in [0.5, 0.6) is 0 Å². The fourth-order valence-electron chi connectivity index (χ4n) is 2.80. The summed E-state index contributed by atoms with van der Waals surface area (Å²) >= 11 is 0. The van der Waals surface area contributed by atoms with E-state index in [1.54, 1.807) is 0 Å². The Morgan fingerprint density at radius 1 is 1.45 bits per heavy atom. The molecule has 0 radical (unpaired) electrons. The molecular weight excluding hydrogens is 138 g/mol. The van der Waals surface area contributed by atoms with E-state index in [1.165, 1.54) is 25.9 Å². The van der Waals surface area contributed by atoms with E-state index in [2.05, 4.69) is 11.9 Å². The van der Waals surface area contributed by atoms with Gasteiger partial charge < -0.3 is 10.0 Å². The molecule has 2 heteroatoms. The minimum Gasteiger partial charge on any atom is -0.393 e. The third-order valence-corrected chi connectivity index (χ3v) is 3.12. The zero-order valence-corrected chi connectivity index (χ0v) is 7.21. The number of nitrogens with zero attached hydrogens (tertiary/aromatic N) is 1.